The van der Waals surface area contributed by atoms with Gasteiger partial charge in [0.15, 0.2) is 0 Å². The number of aromatic nitrogens is 2. The van der Waals surface area contributed by atoms with E-state index in [0.29, 0.717) is 28.5 Å². The van der Waals surface area contributed by atoms with Crippen molar-refractivity contribution in [1.82, 2.24) is 14.5 Å². The Labute approximate surface area is 242 Å². The van der Waals surface area contributed by atoms with Crippen LogP contribution in [-0.2, 0) is 19.4 Å². The van der Waals surface area contributed by atoms with Crippen molar-refractivity contribution in [2.24, 2.45) is 0 Å². The number of nitrogens with zero attached hydrogens (tertiary/aromatic N) is 3. The highest BCUT2D eigenvalue weighted by Crippen LogP contribution is 2.33. The number of carboxylic acid groups (broad SMARTS) is 2. The third-order valence-corrected chi connectivity index (χ3v) is 8.35. The van der Waals surface area contributed by atoms with E-state index < -0.39 is 21.8 Å². The molecule has 2 heterocycles. The number of carbonyl (C=O) groups is 2. The summed E-state index contributed by atoms with van der Waals surface area (Å²) < 4.78 is 35.0. The highest BCUT2D eigenvalue weighted by Gasteiger charge is 2.29. The summed E-state index contributed by atoms with van der Waals surface area (Å²) in [5.74, 6) is -2.97. The molecular weight excluding hydrogens is 546 g/mol. The van der Waals surface area contributed by atoms with E-state index in [-0.39, 0.29) is 10.8 Å². The van der Waals surface area contributed by atoms with Gasteiger partial charge in [0.1, 0.15) is 10.6 Å². The van der Waals surface area contributed by atoms with E-state index in [2.05, 4.69) is 23.8 Å². The van der Waals surface area contributed by atoms with Gasteiger partial charge >= 0.3 is 11.9 Å². The lowest BCUT2D eigenvalue weighted by molar-refractivity contribution is -0.159. The van der Waals surface area contributed by atoms with Crippen molar-refractivity contribution in [1.29, 1.82) is 0 Å². The third-order valence-electron chi connectivity index (χ3n) is 6.50. The second kappa shape index (κ2) is 16.1. The van der Waals surface area contributed by atoms with E-state index in [4.69, 9.17) is 24.5 Å². The zero-order valence-electron chi connectivity index (χ0n) is 24.7. The standard InChI is InChI=1S/C28H41N3O3S.C2H2O4/c1-6-8-18-30(19-9-7-2)20-11-21-34-24-14-16-25(17-15-24)35(32,33)28-26-13-10-12-23(5)31(26)29-27(28)22(3)4;3-1(4)2(5)6/h10,12-17,22H,6-9,11,18-21H2,1-5H3;(H,3,4)(H,5,6). The molecule has 226 valence electrons. The van der Waals surface area contributed by atoms with E-state index in [1.165, 1.54) is 25.7 Å². The van der Waals surface area contributed by atoms with E-state index in [1.807, 2.05) is 39.0 Å². The summed E-state index contributed by atoms with van der Waals surface area (Å²) in [7, 11) is -3.73. The van der Waals surface area contributed by atoms with Crippen LogP contribution in [-0.4, -0.2) is 71.3 Å². The molecule has 11 heteroatoms. The number of fused-ring (bicyclic) bond motifs is 1. The molecule has 0 atom stereocenters. The Morgan fingerprint density at radius 3 is 2.00 bits per heavy atom. The van der Waals surface area contributed by atoms with Crippen LogP contribution in [0.4, 0.5) is 0 Å². The fraction of sp³-hybridized carbons (Fsp3) is 0.500. The number of ether oxygens (including phenoxy) is 1. The average molecular weight is 590 g/mol. The molecule has 0 aliphatic carbocycles. The fourth-order valence-corrected chi connectivity index (χ4v) is 5.97. The summed E-state index contributed by atoms with van der Waals surface area (Å²) in [6.45, 7) is 14.3. The van der Waals surface area contributed by atoms with Crippen molar-refractivity contribution < 1.29 is 33.0 Å². The molecule has 0 fully saturated rings. The van der Waals surface area contributed by atoms with Crippen molar-refractivity contribution in [3.63, 3.8) is 0 Å². The second-order valence-electron chi connectivity index (χ2n) is 10.2. The number of pyridine rings is 1. The Balaban J connectivity index is 0.000000883. The molecule has 0 bridgehead atoms. The van der Waals surface area contributed by atoms with Crippen molar-refractivity contribution in [3.05, 3.63) is 53.9 Å². The number of sulfone groups is 1. The Kier molecular flexibility index (Phi) is 13.3. The third kappa shape index (κ3) is 9.57. The number of benzene rings is 1. The summed E-state index contributed by atoms with van der Waals surface area (Å²) >= 11 is 0. The molecule has 0 radical (unpaired) electrons. The Bertz CT molecular complexity index is 1360. The van der Waals surface area contributed by atoms with E-state index >= 15 is 0 Å². The minimum Gasteiger partial charge on any atom is -0.494 e. The monoisotopic (exact) mass is 589 g/mol. The summed E-state index contributed by atoms with van der Waals surface area (Å²) in [6.07, 6.45) is 5.83. The number of unbranched alkanes of at least 4 members (excludes halogenated alkanes) is 2. The van der Waals surface area contributed by atoms with Crippen LogP contribution in [0.2, 0.25) is 0 Å². The highest BCUT2D eigenvalue weighted by molar-refractivity contribution is 7.91. The largest absolute Gasteiger partial charge is 0.494 e. The van der Waals surface area contributed by atoms with Crippen molar-refractivity contribution in [2.45, 2.75) is 82.4 Å². The van der Waals surface area contributed by atoms with Gasteiger partial charge in [-0.05, 0) is 81.6 Å². The Hall–Kier alpha value is -3.44. The minimum atomic E-state index is -3.73. The predicted molar refractivity (Wildman–Crippen MR) is 158 cm³/mol. The van der Waals surface area contributed by atoms with Gasteiger partial charge in [0, 0.05) is 12.2 Å². The lowest BCUT2D eigenvalue weighted by Crippen LogP contribution is -2.28. The molecule has 0 aliphatic heterocycles. The number of hydrogen-bond acceptors (Lipinski definition) is 7. The normalized spacial score (nSPS) is 11.5. The molecule has 2 N–H and O–H groups in total. The highest BCUT2D eigenvalue weighted by atomic mass is 32.2. The first kappa shape index (κ1) is 33.8. The number of aliphatic carboxylic acids is 2. The maximum Gasteiger partial charge on any atom is 0.414 e. The zero-order chi connectivity index (χ0) is 30.6. The van der Waals surface area contributed by atoms with Gasteiger partial charge in [0.25, 0.3) is 0 Å². The SMILES string of the molecule is CCCCN(CCCC)CCCOc1ccc(S(=O)(=O)c2c(C(C)C)nn3c(C)cccc23)cc1.O=C(O)C(=O)O. The van der Waals surface area contributed by atoms with Gasteiger partial charge in [0.2, 0.25) is 9.84 Å². The minimum absolute atomic E-state index is 0.0177. The lowest BCUT2D eigenvalue weighted by atomic mass is 10.1. The number of aryl methyl sites for hydroxylation is 1. The van der Waals surface area contributed by atoms with Crippen LogP contribution in [0.5, 0.6) is 5.75 Å². The molecule has 2 aromatic heterocycles. The van der Waals surface area contributed by atoms with Crippen molar-refractivity contribution in [3.8, 4) is 5.75 Å². The lowest BCUT2D eigenvalue weighted by Gasteiger charge is -2.21. The molecule has 0 aliphatic rings. The van der Waals surface area contributed by atoms with Crippen LogP contribution in [0.3, 0.4) is 0 Å². The predicted octanol–water partition coefficient (Wildman–Crippen LogP) is 5.43. The number of hydrogen-bond donors (Lipinski definition) is 2. The average Bonchev–Trinajstić information content (AvgIpc) is 3.35. The van der Waals surface area contributed by atoms with Crippen LogP contribution >= 0.6 is 0 Å². The molecule has 0 spiro atoms. The van der Waals surface area contributed by atoms with Crippen LogP contribution in [0.25, 0.3) is 5.52 Å². The van der Waals surface area contributed by atoms with E-state index in [9.17, 15) is 8.42 Å². The van der Waals surface area contributed by atoms with Gasteiger partial charge in [-0.1, -0.05) is 46.6 Å². The van der Waals surface area contributed by atoms with Gasteiger partial charge < -0.3 is 19.8 Å². The Morgan fingerprint density at radius 2 is 1.49 bits per heavy atom. The topological polar surface area (TPSA) is 139 Å². The van der Waals surface area contributed by atoms with Crippen molar-refractivity contribution in [2.75, 3.05) is 26.2 Å². The first-order valence-corrected chi connectivity index (χ1v) is 15.6. The van der Waals surface area contributed by atoms with Crippen LogP contribution in [0, 0.1) is 6.92 Å². The summed E-state index contributed by atoms with van der Waals surface area (Å²) in [5.41, 5.74) is 2.11. The van der Waals surface area contributed by atoms with Crippen LogP contribution in [0.15, 0.2) is 52.3 Å². The maximum absolute atomic E-state index is 13.7. The first-order chi connectivity index (χ1) is 19.4. The summed E-state index contributed by atoms with van der Waals surface area (Å²) in [4.78, 5) is 21.3. The van der Waals surface area contributed by atoms with Crippen LogP contribution < -0.4 is 4.74 Å². The molecule has 1 aromatic carbocycles. The quantitative estimate of drug-likeness (QED) is 0.186. The van der Waals surface area contributed by atoms with Gasteiger partial charge in [-0.3, -0.25) is 0 Å². The molecular formula is C30H43N3O7S. The molecule has 0 saturated carbocycles. The molecule has 0 saturated heterocycles. The fourth-order valence-electron chi connectivity index (χ4n) is 4.26. The smallest absolute Gasteiger partial charge is 0.414 e. The van der Waals surface area contributed by atoms with Gasteiger partial charge in [0.05, 0.1) is 22.7 Å². The molecule has 10 nitrogen and oxygen atoms in total. The second-order valence-corrected chi connectivity index (χ2v) is 12.1. The zero-order valence-corrected chi connectivity index (χ0v) is 25.5. The molecule has 0 amide bonds. The number of carboxylic acids is 2. The Morgan fingerprint density at radius 1 is 0.927 bits per heavy atom. The summed E-state index contributed by atoms with van der Waals surface area (Å²) in [6, 6.07) is 12.4. The first-order valence-electron chi connectivity index (χ1n) is 14.1. The molecule has 0 unspecified atom stereocenters. The number of rotatable bonds is 14. The summed E-state index contributed by atoms with van der Waals surface area (Å²) in [5, 5.41) is 19.4. The molecule has 3 aromatic rings. The van der Waals surface area contributed by atoms with Gasteiger partial charge in [-0.15, -0.1) is 0 Å². The van der Waals surface area contributed by atoms with Gasteiger partial charge in [-0.2, -0.15) is 5.10 Å². The maximum atomic E-state index is 13.7. The van der Waals surface area contributed by atoms with Crippen molar-refractivity contribution >= 4 is 27.3 Å². The van der Waals surface area contributed by atoms with Gasteiger partial charge in [-0.25, -0.2) is 22.5 Å². The van der Waals surface area contributed by atoms with E-state index in [1.54, 1.807) is 28.8 Å². The molecule has 3 rings (SSSR count). The molecule has 41 heavy (non-hydrogen) atoms. The van der Waals surface area contributed by atoms with Crippen LogP contribution in [0.1, 0.15) is 77.1 Å². The van der Waals surface area contributed by atoms with E-state index in [0.717, 1.165) is 31.7 Å².